The molecule has 2 rings (SSSR count). The molecule has 0 radical (unpaired) electrons. The number of carbonyl (C=O) groups is 2. The summed E-state index contributed by atoms with van der Waals surface area (Å²) >= 11 is 1.75. The fraction of sp³-hybridized carbons (Fsp3) is 0.500. The zero-order chi connectivity index (χ0) is 15.5. The molecule has 1 amide bonds. The summed E-state index contributed by atoms with van der Waals surface area (Å²) in [5.41, 5.74) is 0.0358. The largest absolute Gasteiger partial charge is 0.481 e. The summed E-state index contributed by atoms with van der Waals surface area (Å²) in [7, 11) is 0. The second-order valence-electron chi connectivity index (χ2n) is 5.85. The van der Waals surface area contributed by atoms with Crippen LogP contribution in [0.25, 0.3) is 0 Å². The maximum absolute atomic E-state index is 12.3. The first-order valence-electron chi connectivity index (χ1n) is 7.21. The molecule has 0 atom stereocenters. The summed E-state index contributed by atoms with van der Waals surface area (Å²) in [5, 5.41) is 12.4. The van der Waals surface area contributed by atoms with Crippen LogP contribution in [-0.4, -0.2) is 27.8 Å². The zero-order valence-corrected chi connectivity index (χ0v) is 13.2. The van der Waals surface area contributed by atoms with E-state index in [9.17, 15) is 9.59 Å². The molecule has 1 saturated carbocycles. The highest BCUT2D eigenvalue weighted by molar-refractivity contribution is 7.99. The molecule has 4 nitrogen and oxygen atoms in total. The fourth-order valence-electron chi connectivity index (χ4n) is 2.51. The van der Waals surface area contributed by atoms with Crippen LogP contribution < -0.4 is 5.32 Å². The van der Waals surface area contributed by atoms with Crippen LogP contribution >= 0.6 is 11.8 Å². The Morgan fingerprint density at radius 3 is 2.33 bits per heavy atom. The second-order valence-corrected chi connectivity index (χ2v) is 7.50. The normalized spacial score (nSPS) is 16.3. The third kappa shape index (κ3) is 4.24. The van der Waals surface area contributed by atoms with Gasteiger partial charge in [-0.15, -0.1) is 11.8 Å². The minimum atomic E-state index is -0.862. The highest BCUT2D eigenvalue weighted by Gasteiger charge is 2.40. The average molecular weight is 307 g/mol. The van der Waals surface area contributed by atoms with E-state index in [4.69, 9.17) is 5.11 Å². The predicted molar refractivity (Wildman–Crippen MR) is 83.7 cm³/mol. The van der Waals surface area contributed by atoms with Gasteiger partial charge in [-0.25, -0.2) is 0 Å². The molecule has 0 aliphatic heterocycles. The third-order valence-corrected chi connectivity index (χ3v) is 4.68. The van der Waals surface area contributed by atoms with Gasteiger partial charge in [0.25, 0.3) is 5.91 Å². The Hall–Kier alpha value is -1.49. The Bertz CT molecular complexity index is 521. The lowest BCUT2D eigenvalue weighted by Gasteiger charge is -2.41. The monoisotopic (exact) mass is 307 g/mol. The van der Waals surface area contributed by atoms with Gasteiger partial charge in [-0.05, 0) is 43.5 Å². The Morgan fingerprint density at radius 2 is 1.90 bits per heavy atom. The lowest BCUT2D eigenvalue weighted by molar-refractivity contribution is -0.139. The number of amides is 1. The molecule has 0 spiro atoms. The van der Waals surface area contributed by atoms with Crippen molar-refractivity contribution in [1.29, 1.82) is 0 Å². The summed E-state index contributed by atoms with van der Waals surface area (Å²) in [4.78, 5) is 24.3. The smallest absolute Gasteiger partial charge is 0.305 e. The van der Waals surface area contributed by atoms with Gasteiger partial charge in [0.1, 0.15) is 0 Å². The van der Waals surface area contributed by atoms with E-state index in [1.165, 1.54) is 0 Å². The molecule has 1 aromatic carbocycles. The number of thioether (sulfide) groups is 1. The van der Waals surface area contributed by atoms with Crippen LogP contribution in [-0.2, 0) is 4.79 Å². The summed E-state index contributed by atoms with van der Waals surface area (Å²) in [6.07, 6.45) is 2.45. The van der Waals surface area contributed by atoms with Gasteiger partial charge in [-0.3, -0.25) is 9.59 Å². The average Bonchev–Trinajstić information content (AvgIpc) is 2.35. The predicted octanol–water partition coefficient (Wildman–Crippen LogP) is 3.31. The Morgan fingerprint density at radius 1 is 1.29 bits per heavy atom. The van der Waals surface area contributed by atoms with E-state index in [0.717, 1.165) is 24.2 Å². The van der Waals surface area contributed by atoms with Crippen molar-refractivity contribution in [2.24, 2.45) is 0 Å². The Labute approximate surface area is 129 Å². The van der Waals surface area contributed by atoms with Gasteiger partial charge in [0.2, 0.25) is 0 Å². The number of carbonyl (C=O) groups excluding carboxylic acids is 1. The number of benzene rings is 1. The molecule has 2 N–H and O–H groups in total. The molecular weight excluding hydrogens is 286 g/mol. The molecule has 1 aliphatic rings. The maximum atomic E-state index is 12.3. The van der Waals surface area contributed by atoms with Crippen LogP contribution in [0.1, 0.15) is 49.9 Å². The molecule has 0 bridgehead atoms. The van der Waals surface area contributed by atoms with Crippen molar-refractivity contribution in [2.75, 3.05) is 0 Å². The molecule has 5 heteroatoms. The molecule has 1 aromatic rings. The molecule has 114 valence electrons. The van der Waals surface area contributed by atoms with Crippen LogP contribution in [0.4, 0.5) is 0 Å². The van der Waals surface area contributed by atoms with Gasteiger partial charge in [-0.2, -0.15) is 0 Å². The highest BCUT2D eigenvalue weighted by Crippen LogP contribution is 2.35. The molecular formula is C16H21NO3S. The first kappa shape index (κ1) is 15.9. The molecule has 1 fully saturated rings. The Kier molecular flexibility index (Phi) is 4.93. The van der Waals surface area contributed by atoms with Crippen molar-refractivity contribution >= 4 is 23.6 Å². The molecule has 0 heterocycles. The summed E-state index contributed by atoms with van der Waals surface area (Å²) in [6.45, 7) is 4.25. The van der Waals surface area contributed by atoms with Gasteiger partial charge in [0, 0.05) is 15.7 Å². The van der Waals surface area contributed by atoms with Gasteiger partial charge in [0.15, 0.2) is 0 Å². The van der Waals surface area contributed by atoms with Gasteiger partial charge in [-0.1, -0.05) is 13.8 Å². The fourth-order valence-corrected chi connectivity index (χ4v) is 3.35. The molecule has 0 aromatic heterocycles. The van der Waals surface area contributed by atoms with Crippen molar-refractivity contribution in [1.82, 2.24) is 5.32 Å². The maximum Gasteiger partial charge on any atom is 0.305 e. The number of carboxylic acid groups (broad SMARTS) is 1. The highest BCUT2D eigenvalue weighted by atomic mass is 32.2. The minimum absolute atomic E-state index is 0.0000246. The topological polar surface area (TPSA) is 66.4 Å². The number of hydrogen-bond donors (Lipinski definition) is 2. The SMILES string of the molecule is CC(C)Sc1ccc(C(=O)NC2(CC(=O)O)CCC2)cc1. The van der Waals surface area contributed by atoms with Crippen molar-refractivity contribution < 1.29 is 14.7 Å². The van der Waals surface area contributed by atoms with E-state index in [-0.39, 0.29) is 12.3 Å². The van der Waals surface area contributed by atoms with Crippen LogP contribution in [0.15, 0.2) is 29.2 Å². The quantitative estimate of drug-likeness (QED) is 0.791. The van der Waals surface area contributed by atoms with Gasteiger partial charge < -0.3 is 10.4 Å². The van der Waals surface area contributed by atoms with Crippen molar-refractivity contribution in [3.05, 3.63) is 29.8 Å². The Balaban J connectivity index is 2.01. The number of carboxylic acids is 1. The van der Waals surface area contributed by atoms with E-state index in [1.807, 2.05) is 12.1 Å². The van der Waals surface area contributed by atoms with Crippen LogP contribution in [0.5, 0.6) is 0 Å². The van der Waals surface area contributed by atoms with Crippen LogP contribution in [0, 0.1) is 0 Å². The van der Waals surface area contributed by atoms with Crippen LogP contribution in [0.3, 0.4) is 0 Å². The minimum Gasteiger partial charge on any atom is -0.481 e. The molecule has 0 saturated heterocycles. The lowest BCUT2D eigenvalue weighted by Crippen LogP contribution is -2.54. The summed E-state index contributed by atoms with van der Waals surface area (Å²) in [6, 6.07) is 7.47. The number of rotatable bonds is 6. The summed E-state index contributed by atoms with van der Waals surface area (Å²) in [5.74, 6) is -1.05. The van der Waals surface area contributed by atoms with E-state index in [2.05, 4.69) is 19.2 Å². The van der Waals surface area contributed by atoms with E-state index >= 15 is 0 Å². The number of aliphatic carboxylic acids is 1. The van der Waals surface area contributed by atoms with Crippen molar-refractivity contribution in [3.8, 4) is 0 Å². The molecule has 0 unspecified atom stereocenters. The summed E-state index contributed by atoms with van der Waals surface area (Å²) < 4.78 is 0. The number of hydrogen-bond acceptors (Lipinski definition) is 3. The van der Waals surface area contributed by atoms with Gasteiger partial charge >= 0.3 is 5.97 Å². The van der Waals surface area contributed by atoms with E-state index in [0.29, 0.717) is 10.8 Å². The van der Waals surface area contributed by atoms with Crippen LogP contribution in [0.2, 0.25) is 0 Å². The molecule has 1 aliphatic carbocycles. The number of nitrogens with one attached hydrogen (secondary N) is 1. The second kappa shape index (κ2) is 6.52. The first-order chi connectivity index (χ1) is 9.90. The van der Waals surface area contributed by atoms with E-state index in [1.54, 1.807) is 23.9 Å². The van der Waals surface area contributed by atoms with Gasteiger partial charge in [0.05, 0.1) is 12.0 Å². The first-order valence-corrected chi connectivity index (χ1v) is 8.09. The standard InChI is InChI=1S/C16H21NO3S/c1-11(2)21-13-6-4-12(5-7-13)15(20)17-16(8-3-9-16)10-14(18)19/h4-7,11H,3,8-10H2,1-2H3,(H,17,20)(H,18,19). The zero-order valence-electron chi connectivity index (χ0n) is 12.4. The van der Waals surface area contributed by atoms with Crippen molar-refractivity contribution in [2.45, 2.75) is 55.2 Å². The third-order valence-electron chi connectivity index (χ3n) is 3.67. The lowest BCUT2D eigenvalue weighted by atomic mass is 9.74. The van der Waals surface area contributed by atoms with Crippen molar-refractivity contribution in [3.63, 3.8) is 0 Å². The molecule has 21 heavy (non-hydrogen) atoms. The van der Waals surface area contributed by atoms with E-state index < -0.39 is 11.5 Å².